The predicted octanol–water partition coefficient (Wildman–Crippen LogP) is 1.78. The van der Waals surface area contributed by atoms with Crippen LogP contribution in [0, 0.1) is 11.8 Å². The van der Waals surface area contributed by atoms with Gasteiger partial charge in [-0.05, 0) is 63.7 Å². The zero-order valence-corrected chi connectivity index (χ0v) is 12.3. The maximum absolute atomic E-state index is 5.92. The van der Waals surface area contributed by atoms with E-state index in [9.17, 15) is 0 Å². The van der Waals surface area contributed by atoms with Crippen molar-refractivity contribution in [1.29, 1.82) is 0 Å². The Labute approximate surface area is 113 Å². The molecule has 0 radical (unpaired) electrons. The fourth-order valence-electron chi connectivity index (χ4n) is 3.64. The van der Waals surface area contributed by atoms with E-state index in [0.29, 0.717) is 12.0 Å². The number of likely N-dealkylation sites (tertiary alicyclic amines) is 2. The second-order valence-electron chi connectivity index (χ2n) is 6.53. The molecule has 0 saturated carbocycles. The average molecular weight is 253 g/mol. The number of piperidine rings is 1. The minimum absolute atomic E-state index is 0.595. The molecule has 0 aromatic carbocycles. The molecule has 2 saturated heterocycles. The first kappa shape index (κ1) is 14.3. The van der Waals surface area contributed by atoms with Gasteiger partial charge in [-0.3, -0.25) is 4.90 Å². The van der Waals surface area contributed by atoms with Gasteiger partial charge in [-0.2, -0.15) is 0 Å². The van der Waals surface area contributed by atoms with Gasteiger partial charge < -0.3 is 10.6 Å². The quantitative estimate of drug-likeness (QED) is 0.810. The third kappa shape index (κ3) is 3.69. The Kier molecular flexibility index (Phi) is 5.46. The lowest BCUT2D eigenvalue weighted by molar-refractivity contribution is 0.0960. The summed E-state index contributed by atoms with van der Waals surface area (Å²) in [4.78, 5) is 5.30. The summed E-state index contributed by atoms with van der Waals surface area (Å²) in [6, 6.07) is 0.595. The van der Waals surface area contributed by atoms with Crippen molar-refractivity contribution in [1.82, 2.24) is 9.80 Å². The Morgan fingerprint density at radius 3 is 2.17 bits per heavy atom. The molecule has 2 aliphatic rings. The van der Waals surface area contributed by atoms with E-state index >= 15 is 0 Å². The van der Waals surface area contributed by atoms with Crippen LogP contribution in [0.15, 0.2) is 0 Å². The molecule has 2 N–H and O–H groups in total. The molecule has 0 spiro atoms. The van der Waals surface area contributed by atoms with E-state index in [1.54, 1.807) is 0 Å². The molecule has 1 atom stereocenters. The van der Waals surface area contributed by atoms with Crippen molar-refractivity contribution < 1.29 is 0 Å². The van der Waals surface area contributed by atoms with Crippen LogP contribution in [0.2, 0.25) is 0 Å². The van der Waals surface area contributed by atoms with Crippen LogP contribution in [-0.2, 0) is 0 Å². The van der Waals surface area contributed by atoms with E-state index in [1.165, 1.54) is 58.4 Å². The van der Waals surface area contributed by atoms with Crippen LogP contribution in [-0.4, -0.2) is 55.1 Å². The van der Waals surface area contributed by atoms with Crippen molar-refractivity contribution in [2.75, 3.05) is 39.3 Å². The molecule has 1 unspecified atom stereocenters. The Balaban J connectivity index is 1.73. The number of nitrogens with zero attached hydrogens (tertiary/aromatic N) is 2. The summed E-state index contributed by atoms with van der Waals surface area (Å²) in [7, 11) is 0. The third-order valence-electron chi connectivity index (χ3n) is 4.84. The van der Waals surface area contributed by atoms with Crippen molar-refractivity contribution in [3.05, 3.63) is 0 Å². The van der Waals surface area contributed by atoms with Gasteiger partial charge in [0.2, 0.25) is 0 Å². The Bertz CT molecular complexity index is 228. The molecule has 18 heavy (non-hydrogen) atoms. The molecular formula is C15H31N3. The normalized spacial score (nSPS) is 26.0. The lowest BCUT2D eigenvalue weighted by Crippen LogP contribution is -2.48. The van der Waals surface area contributed by atoms with Crippen molar-refractivity contribution in [2.45, 2.75) is 45.6 Å². The van der Waals surface area contributed by atoms with E-state index in [4.69, 9.17) is 5.73 Å². The van der Waals surface area contributed by atoms with Gasteiger partial charge in [-0.25, -0.2) is 0 Å². The molecule has 0 aliphatic carbocycles. The third-order valence-corrected chi connectivity index (χ3v) is 4.84. The topological polar surface area (TPSA) is 32.5 Å². The molecule has 2 fully saturated rings. The van der Waals surface area contributed by atoms with Gasteiger partial charge in [0.15, 0.2) is 0 Å². The van der Waals surface area contributed by atoms with Crippen LogP contribution in [0.25, 0.3) is 0 Å². The maximum Gasteiger partial charge on any atom is 0.0241 e. The largest absolute Gasteiger partial charge is 0.329 e. The van der Waals surface area contributed by atoms with Crippen molar-refractivity contribution in [2.24, 2.45) is 17.6 Å². The molecule has 0 aromatic heterocycles. The second-order valence-corrected chi connectivity index (χ2v) is 6.53. The van der Waals surface area contributed by atoms with Crippen molar-refractivity contribution >= 4 is 0 Å². The van der Waals surface area contributed by atoms with Crippen LogP contribution in [0.5, 0.6) is 0 Å². The molecule has 2 rings (SSSR count). The van der Waals surface area contributed by atoms with Crippen LogP contribution in [0.3, 0.4) is 0 Å². The van der Waals surface area contributed by atoms with E-state index in [-0.39, 0.29) is 0 Å². The standard InChI is InChI=1S/C15H31N3/c1-13(2)15(11-16)18-9-5-14(6-10-18)12-17-7-3-4-8-17/h13-15H,3-12,16H2,1-2H3. The van der Waals surface area contributed by atoms with Gasteiger partial charge in [0.25, 0.3) is 0 Å². The second kappa shape index (κ2) is 6.88. The molecule has 106 valence electrons. The monoisotopic (exact) mass is 253 g/mol. The molecule has 0 bridgehead atoms. The number of hydrogen-bond acceptors (Lipinski definition) is 3. The summed E-state index contributed by atoms with van der Waals surface area (Å²) < 4.78 is 0. The molecule has 3 heteroatoms. The van der Waals surface area contributed by atoms with E-state index < -0.39 is 0 Å². The number of nitrogens with two attached hydrogens (primary N) is 1. The molecular weight excluding hydrogens is 222 g/mol. The smallest absolute Gasteiger partial charge is 0.0241 e. The number of hydrogen-bond donors (Lipinski definition) is 1. The molecule has 0 amide bonds. The summed E-state index contributed by atoms with van der Waals surface area (Å²) in [5, 5.41) is 0. The fraction of sp³-hybridized carbons (Fsp3) is 1.00. The highest BCUT2D eigenvalue weighted by Gasteiger charge is 2.27. The van der Waals surface area contributed by atoms with Gasteiger partial charge in [-0.1, -0.05) is 13.8 Å². The zero-order valence-electron chi connectivity index (χ0n) is 12.3. The SMILES string of the molecule is CC(C)C(CN)N1CCC(CN2CCCC2)CC1. The van der Waals surface area contributed by atoms with Crippen molar-refractivity contribution in [3.8, 4) is 0 Å². The average Bonchev–Trinajstić information content (AvgIpc) is 2.84. The highest BCUT2D eigenvalue weighted by Crippen LogP contribution is 2.23. The molecule has 0 aromatic rings. The van der Waals surface area contributed by atoms with Crippen LogP contribution in [0.4, 0.5) is 0 Å². The van der Waals surface area contributed by atoms with E-state index in [2.05, 4.69) is 23.6 Å². The van der Waals surface area contributed by atoms with E-state index in [1.807, 2.05) is 0 Å². The first-order chi connectivity index (χ1) is 8.70. The van der Waals surface area contributed by atoms with Gasteiger partial charge >= 0.3 is 0 Å². The summed E-state index contributed by atoms with van der Waals surface area (Å²) >= 11 is 0. The lowest BCUT2D eigenvalue weighted by Gasteiger charge is -2.39. The van der Waals surface area contributed by atoms with Gasteiger partial charge in [-0.15, -0.1) is 0 Å². The minimum atomic E-state index is 0.595. The van der Waals surface area contributed by atoms with Crippen LogP contribution >= 0.6 is 0 Å². The molecule has 2 aliphatic heterocycles. The summed E-state index contributed by atoms with van der Waals surface area (Å²) in [5.41, 5.74) is 5.92. The minimum Gasteiger partial charge on any atom is -0.329 e. The lowest BCUT2D eigenvalue weighted by atomic mass is 9.93. The van der Waals surface area contributed by atoms with Gasteiger partial charge in [0.05, 0.1) is 0 Å². The maximum atomic E-state index is 5.92. The summed E-state index contributed by atoms with van der Waals surface area (Å²) in [5.74, 6) is 1.62. The highest BCUT2D eigenvalue weighted by atomic mass is 15.2. The molecule has 2 heterocycles. The first-order valence-electron chi connectivity index (χ1n) is 7.87. The Morgan fingerprint density at radius 2 is 1.67 bits per heavy atom. The molecule has 3 nitrogen and oxygen atoms in total. The fourth-order valence-corrected chi connectivity index (χ4v) is 3.64. The summed E-state index contributed by atoms with van der Waals surface area (Å²) in [6.45, 7) is 12.0. The predicted molar refractivity (Wildman–Crippen MR) is 77.7 cm³/mol. The van der Waals surface area contributed by atoms with Crippen LogP contribution < -0.4 is 5.73 Å². The van der Waals surface area contributed by atoms with Gasteiger partial charge in [0.1, 0.15) is 0 Å². The summed E-state index contributed by atoms with van der Waals surface area (Å²) in [6.07, 6.45) is 5.59. The Hall–Kier alpha value is -0.120. The Morgan fingerprint density at radius 1 is 1.06 bits per heavy atom. The zero-order chi connectivity index (χ0) is 13.0. The van der Waals surface area contributed by atoms with E-state index in [0.717, 1.165) is 12.5 Å². The van der Waals surface area contributed by atoms with Gasteiger partial charge in [0, 0.05) is 19.1 Å². The highest BCUT2D eigenvalue weighted by molar-refractivity contribution is 4.82. The first-order valence-corrected chi connectivity index (χ1v) is 7.87. The number of rotatable bonds is 5. The van der Waals surface area contributed by atoms with Crippen molar-refractivity contribution in [3.63, 3.8) is 0 Å². The van der Waals surface area contributed by atoms with Crippen LogP contribution in [0.1, 0.15) is 39.5 Å².